The molecule has 0 bridgehead atoms. The molecule has 15 N–H and O–H groups in total. The summed E-state index contributed by atoms with van der Waals surface area (Å²) < 4.78 is 0. The van der Waals surface area contributed by atoms with Crippen LogP contribution in [0.15, 0.2) is 18.2 Å². The summed E-state index contributed by atoms with van der Waals surface area (Å²) in [5.74, 6) is -2.22. The number of nitrogens with zero attached hydrogens (tertiary/aromatic N) is 3. The van der Waals surface area contributed by atoms with Gasteiger partial charge in [-0.15, -0.1) is 0 Å². The predicted octanol–water partition coefficient (Wildman–Crippen LogP) is -8.10. The summed E-state index contributed by atoms with van der Waals surface area (Å²) in [4.78, 5) is 44.4. The molecule has 0 heterocycles. The van der Waals surface area contributed by atoms with E-state index >= 15 is 0 Å². The monoisotopic (exact) mass is 780 g/mol. The summed E-state index contributed by atoms with van der Waals surface area (Å²) in [5, 5.41) is 124. The second-order valence-electron chi connectivity index (χ2n) is 12.4. The summed E-state index contributed by atoms with van der Waals surface area (Å²) in [6, 6.07) is -1.51. The number of amides is 3. The van der Waals surface area contributed by atoms with Gasteiger partial charge in [-0.1, -0.05) is 0 Å². The zero-order valence-corrected chi connectivity index (χ0v) is 30.4. The molecule has 0 spiro atoms. The standard InChI is InChI=1S/C33H60N6O15/c40-10-25(11-41)37(26(12-42)13-43)4-1-34-31(52)22-7-23(32(53)35-2-5-38(27(14-44)15-45)28(16-46)17-47)9-24(8-22)33(54)36-3-6-39(29(18-48)19-49)30(20-50)21-51/h7-9,25-30,40-51H,1-6,10-21H2,(H,34,52)(H,35,53)(H,36,54). The number of carbonyl (C=O) groups excluding carboxylic acids is 3. The van der Waals surface area contributed by atoms with Gasteiger partial charge in [0.2, 0.25) is 0 Å². The molecule has 1 aromatic carbocycles. The fourth-order valence-corrected chi connectivity index (χ4v) is 5.82. The van der Waals surface area contributed by atoms with Gasteiger partial charge in [-0.25, -0.2) is 0 Å². The van der Waals surface area contributed by atoms with Gasteiger partial charge in [0.25, 0.3) is 17.7 Å². The number of hydrogen-bond acceptors (Lipinski definition) is 18. The molecule has 0 saturated heterocycles. The molecule has 0 radical (unpaired) electrons. The average Bonchev–Trinajstić information content (AvgIpc) is 3.19. The molecule has 0 aliphatic heterocycles. The molecule has 0 aromatic heterocycles. The maximum atomic E-state index is 13.4. The van der Waals surface area contributed by atoms with E-state index in [0.29, 0.717) is 0 Å². The van der Waals surface area contributed by atoms with Crippen molar-refractivity contribution in [3.63, 3.8) is 0 Å². The minimum Gasteiger partial charge on any atom is -0.395 e. The van der Waals surface area contributed by atoms with Crippen molar-refractivity contribution in [1.82, 2.24) is 30.7 Å². The Morgan fingerprint density at radius 3 is 0.685 bits per heavy atom. The first kappa shape index (κ1) is 49.0. The number of aliphatic hydroxyl groups excluding tert-OH is 12. The molecule has 21 nitrogen and oxygen atoms in total. The van der Waals surface area contributed by atoms with Gasteiger partial charge in [-0.3, -0.25) is 29.1 Å². The van der Waals surface area contributed by atoms with Gasteiger partial charge in [-0.2, -0.15) is 0 Å². The predicted molar refractivity (Wildman–Crippen MR) is 191 cm³/mol. The van der Waals surface area contributed by atoms with E-state index < -0.39 is 133 Å². The van der Waals surface area contributed by atoms with E-state index in [1.807, 2.05) is 0 Å². The van der Waals surface area contributed by atoms with Gasteiger partial charge < -0.3 is 77.2 Å². The van der Waals surface area contributed by atoms with E-state index in [0.717, 1.165) is 0 Å². The lowest BCUT2D eigenvalue weighted by Gasteiger charge is -2.34. The summed E-state index contributed by atoms with van der Waals surface area (Å²) in [6.07, 6.45) is 0. The second kappa shape index (κ2) is 27.6. The van der Waals surface area contributed by atoms with Crippen LogP contribution in [0.4, 0.5) is 0 Å². The lowest BCUT2D eigenvalue weighted by atomic mass is 10.0. The van der Waals surface area contributed by atoms with E-state index in [1.165, 1.54) is 32.9 Å². The van der Waals surface area contributed by atoms with E-state index in [4.69, 9.17) is 0 Å². The molecule has 1 rings (SSSR count). The molecule has 54 heavy (non-hydrogen) atoms. The molecule has 0 saturated carbocycles. The van der Waals surface area contributed by atoms with Crippen LogP contribution < -0.4 is 16.0 Å². The minimum atomic E-state index is -0.856. The van der Waals surface area contributed by atoms with Gasteiger partial charge >= 0.3 is 0 Å². The Morgan fingerprint density at radius 1 is 0.370 bits per heavy atom. The smallest absolute Gasteiger partial charge is 0.251 e. The molecule has 0 aliphatic carbocycles. The molecule has 0 aliphatic rings. The van der Waals surface area contributed by atoms with Gasteiger partial charge in [0.15, 0.2) is 0 Å². The van der Waals surface area contributed by atoms with Crippen molar-refractivity contribution >= 4 is 17.7 Å². The lowest BCUT2D eigenvalue weighted by Crippen LogP contribution is -2.53. The number of hydrogen-bond donors (Lipinski definition) is 15. The fourth-order valence-electron chi connectivity index (χ4n) is 5.82. The highest BCUT2D eigenvalue weighted by Crippen LogP contribution is 2.13. The quantitative estimate of drug-likeness (QED) is 0.0345. The molecule has 0 unspecified atom stereocenters. The minimum absolute atomic E-state index is 0.0273. The largest absolute Gasteiger partial charge is 0.395 e. The maximum Gasteiger partial charge on any atom is 0.251 e. The topological polar surface area (TPSA) is 340 Å². The van der Waals surface area contributed by atoms with Crippen LogP contribution in [0.2, 0.25) is 0 Å². The molecule has 21 heteroatoms. The number of benzene rings is 1. The third-order valence-electron chi connectivity index (χ3n) is 9.03. The van der Waals surface area contributed by atoms with Crippen LogP contribution in [-0.4, -0.2) is 249 Å². The van der Waals surface area contributed by atoms with Crippen molar-refractivity contribution < 1.29 is 75.7 Å². The summed E-state index contributed by atoms with van der Waals surface area (Å²) in [6.45, 7) is -6.49. The van der Waals surface area contributed by atoms with Crippen molar-refractivity contribution in [1.29, 1.82) is 0 Å². The summed E-state index contributed by atoms with van der Waals surface area (Å²) in [5.41, 5.74) is -0.398. The summed E-state index contributed by atoms with van der Waals surface area (Å²) >= 11 is 0. The average molecular weight is 781 g/mol. The van der Waals surface area contributed by atoms with Gasteiger partial charge in [-0.05, 0) is 18.2 Å². The van der Waals surface area contributed by atoms with Crippen molar-refractivity contribution in [3.8, 4) is 0 Å². The van der Waals surface area contributed by atoms with Crippen molar-refractivity contribution in [2.75, 3.05) is 119 Å². The Hall–Kier alpha value is -2.97. The van der Waals surface area contributed by atoms with E-state index in [9.17, 15) is 75.7 Å². The zero-order valence-electron chi connectivity index (χ0n) is 30.4. The third kappa shape index (κ3) is 14.9. The van der Waals surface area contributed by atoms with E-state index in [-0.39, 0.29) is 56.0 Å². The van der Waals surface area contributed by atoms with Gasteiger partial charge in [0.1, 0.15) is 0 Å². The Morgan fingerprint density at radius 2 is 0.537 bits per heavy atom. The van der Waals surface area contributed by atoms with Gasteiger partial charge in [0.05, 0.1) is 116 Å². The molecule has 1 aromatic rings. The Labute approximate surface area is 313 Å². The second-order valence-corrected chi connectivity index (χ2v) is 12.4. The molecule has 0 atom stereocenters. The highest BCUT2D eigenvalue weighted by molar-refractivity contribution is 6.04. The van der Waals surface area contributed by atoms with Gasteiger partial charge in [0, 0.05) is 56.0 Å². The van der Waals surface area contributed by atoms with Crippen molar-refractivity contribution in [3.05, 3.63) is 34.9 Å². The van der Waals surface area contributed by atoms with Crippen molar-refractivity contribution in [2.45, 2.75) is 36.3 Å². The Balaban J connectivity index is 3.35. The first-order valence-electron chi connectivity index (χ1n) is 17.6. The number of aliphatic hydroxyl groups is 12. The highest BCUT2D eigenvalue weighted by Gasteiger charge is 2.28. The number of carbonyl (C=O) groups is 3. The zero-order chi connectivity index (χ0) is 40.6. The van der Waals surface area contributed by atoms with Crippen LogP contribution in [0.25, 0.3) is 0 Å². The first-order chi connectivity index (χ1) is 26.0. The normalized spacial score (nSPS) is 12.2. The third-order valence-corrected chi connectivity index (χ3v) is 9.03. The van der Waals surface area contributed by atoms with Crippen LogP contribution in [0.5, 0.6) is 0 Å². The van der Waals surface area contributed by atoms with E-state index in [2.05, 4.69) is 16.0 Å². The fraction of sp³-hybridized carbons (Fsp3) is 0.727. The Bertz CT molecular complexity index is 1010. The molecular weight excluding hydrogens is 720 g/mol. The SMILES string of the molecule is O=C(NCCN(C(CO)CO)C(CO)CO)c1cc(C(=O)NCCN(C(CO)CO)C(CO)CO)cc(C(=O)NCCN(C(CO)CO)C(CO)CO)c1. The number of rotatable bonds is 30. The van der Waals surface area contributed by atoms with Crippen LogP contribution in [0.1, 0.15) is 31.1 Å². The highest BCUT2D eigenvalue weighted by atomic mass is 16.3. The van der Waals surface area contributed by atoms with Crippen molar-refractivity contribution in [2.24, 2.45) is 0 Å². The molecule has 3 amide bonds. The van der Waals surface area contributed by atoms with Crippen LogP contribution >= 0.6 is 0 Å². The Kier molecular flexibility index (Phi) is 25.1. The van der Waals surface area contributed by atoms with E-state index in [1.54, 1.807) is 0 Å². The lowest BCUT2D eigenvalue weighted by molar-refractivity contribution is 0.00244. The number of nitrogens with one attached hydrogen (secondary N) is 3. The van der Waals surface area contributed by atoms with Crippen LogP contribution in [0.3, 0.4) is 0 Å². The maximum absolute atomic E-state index is 13.4. The first-order valence-corrected chi connectivity index (χ1v) is 17.6. The molecule has 0 fully saturated rings. The summed E-state index contributed by atoms with van der Waals surface area (Å²) in [7, 11) is 0. The van der Waals surface area contributed by atoms with Crippen LogP contribution in [0, 0.1) is 0 Å². The molecular formula is C33H60N6O15. The molecule has 312 valence electrons. The van der Waals surface area contributed by atoms with Crippen LogP contribution in [-0.2, 0) is 0 Å².